The standard InChI is InChI=1S/C18H22F3N3O3S/c1-12(2)13-3-5-14(6-4-13)28(25,26)22-8-9-24-16-7-10-27-11-15(16)17(23-24)18(19,20)21/h3-6,12,22H,7-11H2,1-2H3. The molecule has 0 bridgehead atoms. The zero-order valence-electron chi connectivity index (χ0n) is 15.6. The number of nitrogens with one attached hydrogen (secondary N) is 1. The molecule has 0 atom stereocenters. The molecule has 6 nitrogen and oxygen atoms in total. The monoisotopic (exact) mass is 417 g/mol. The largest absolute Gasteiger partial charge is 0.435 e. The molecule has 0 saturated heterocycles. The van der Waals surface area contributed by atoms with Gasteiger partial charge < -0.3 is 4.74 Å². The van der Waals surface area contributed by atoms with Gasteiger partial charge >= 0.3 is 6.18 Å². The summed E-state index contributed by atoms with van der Waals surface area (Å²) < 4.78 is 73.1. The fraction of sp³-hybridized carbons (Fsp3) is 0.500. The SMILES string of the molecule is CC(C)c1ccc(S(=O)(=O)NCCn2nc(C(F)(F)F)c3c2CCOC3)cc1. The molecular weight excluding hydrogens is 395 g/mol. The van der Waals surface area contributed by atoms with E-state index >= 15 is 0 Å². The Hall–Kier alpha value is -1.91. The number of fused-ring (bicyclic) bond motifs is 1. The van der Waals surface area contributed by atoms with Gasteiger partial charge in [-0.25, -0.2) is 13.1 Å². The summed E-state index contributed by atoms with van der Waals surface area (Å²) in [5.74, 6) is 0.280. The molecule has 1 aliphatic rings. The van der Waals surface area contributed by atoms with Crippen LogP contribution in [-0.2, 0) is 40.5 Å². The molecule has 2 aromatic rings. The van der Waals surface area contributed by atoms with Crippen molar-refractivity contribution < 1.29 is 26.3 Å². The van der Waals surface area contributed by atoms with E-state index in [0.29, 0.717) is 18.7 Å². The summed E-state index contributed by atoms with van der Waals surface area (Å²) in [7, 11) is -3.75. The van der Waals surface area contributed by atoms with Gasteiger partial charge in [0.05, 0.1) is 24.7 Å². The van der Waals surface area contributed by atoms with E-state index in [9.17, 15) is 21.6 Å². The Morgan fingerprint density at radius 3 is 2.54 bits per heavy atom. The van der Waals surface area contributed by atoms with Crippen LogP contribution in [0.25, 0.3) is 0 Å². The Morgan fingerprint density at radius 1 is 1.25 bits per heavy atom. The quantitative estimate of drug-likeness (QED) is 0.784. The molecule has 0 aliphatic carbocycles. The van der Waals surface area contributed by atoms with Gasteiger partial charge in [-0.3, -0.25) is 4.68 Å². The summed E-state index contributed by atoms with van der Waals surface area (Å²) in [5, 5.41) is 3.66. The van der Waals surface area contributed by atoms with Crippen molar-refractivity contribution in [2.45, 2.75) is 50.4 Å². The van der Waals surface area contributed by atoms with Crippen molar-refractivity contribution in [2.75, 3.05) is 13.2 Å². The highest BCUT2D eigenvalue weighted by molar-refractivity contribution is 7.89. The highest BCUT2D eigenvalue weighted by Gasteiger charge is 2.39. The molecule has 0 unspecified atom stereocenters. The van der Waals surface area contributed by atoms with Crippen LogP contribution in [0, 0.1) is 0 Å². The fourth-order valence-corrected chi connectivity index (χ4v) is 4.14. The molecule has 28 heavy (non-hydrogen) atoms. The Balaban J connectivity index is 1.71. The minimum Gasteiger partial charge on any atom is -0.376 e. The number of ether oxygens (including phenoxy) is 1. The molecule has 0 spiro atoms. The van der Waals surface area contributed by atoms with E-state index in [-0.39, 0.29) is 36.1 Å². The number of aromatic nitrogens is 2. The summed E-state index contributed by atoms with van der Waals surface area (Å²) in [6.07, 6.45) is -4.27. The van der Waals surface area contributed by atoms with Crippen LogP contribution in [0.2, 0.25) is 0 Å². The zero-order valence-corrected chi connectivity index (χ0v) is 16.4. The third kappa shape index (κ3) is 4.39. The lowest BCUT2D eigenvalue weighted by atomic mass is 10.0. The minimum atomic E-state index is -4.58. The van der Waals surface area contributed by atoms with Crippen LogP contribution in [0.3, 0.4) is 0 Å². The van der Waals surface area contributed by atoms with Crippen molar-refractivity contribution in [3.05, 3.63) is 46.8 Å². The van der Waals surface area contributed by atoms with E-state index in [2.05, 4.69) is 9.82 Å². The number of benzene rings is 1. The molecule has 0 amide bonds. The first-order chi connectivity index (χ1) is 13.1. The van der Waals surface area contributed by atoms with E-state index in [1.807, 2.05) is 13.8 Å². The third-order valence-electron chi connectivity index (χ3n) is 4.64. The summed E-state index contributed by atoms with van der Waals surface area (Å²) >= 11 is 0. The van der Waals surface area contributed by atoms with E-state index in [4.69, 9.17) is 4.74 Å². The van der Waals surface area contributed by atoms with Crippen molar-refractivity contribution in [1.82, 2.24) is 14.5 Å². The van der Waals surface area contributed by atoms with Crippen LogP contribution in [0.4, 0.5) is 13.2 Å². The zero-order chi connectivity index (χ0) is 20.5. The normalized spacial score (nSPS) is 15.1. The van der Waals surface area contributed by atoms with E-state index < -0.39 is 21.9 Å². The van der Waals surface area contributed by atoms with Crippen LogP contribution in [-0.4, -0.2) is 31.3 Å². The van der Waals surface area contributed by atoms with Gasteiger partial charge in [-0.15, -0.1) is 0 Å². The first-order valence-corrected chi connectivity index (χ1v) is 10.4. The Morgan fingerprint density at radius 2 is 1.93 bits per heavy atom. The van der Waals surface area contributed by atoms with Crippen molar-refractivity contribution in [3.63, 3.8) is 0 Å². The van der Waals surface area contributed by atoms with Crippen molar-refractivity contribution in [2.24, 2.45) is 0 Å². The first kappa shape index (κ1) is 20.8. The van der Waals surface area contributed by atoms with E-state index in [0.717, 1.165) is 5.56 Å². The number of sulfonamides is 1. The molecule has 0 fully saturated rings. The molecule has 2 heterocycles. The van der Waals surface area contributed by atoms with Crippen LogP contribution < -0.4 is 4.72 Å². The van der Waals surface area contributed by atoms with Crippen molar-refractivity contribution in [3.8, 4) is 0 Å². The van der Waals surface area contributed by atoms with Gasteiger partial charge in [0.15, 0.2) is 5.69 Å². The Bertz CT molecular complexity index is 935. The lowest BCUT2D eigenvalue weighted by Crippen LogP contribution is -2.28. The number of rotatable bonds is 6. The highest BCUT2D eigenvalue weighted by Crippen LogP contribution is 2.34. The second-order valence-corrected chi connectivity index (χ2v) is 8.69. The first-order valence-electron chi connectivity index (χ1n) is 8.92. The topological polar surface area (TPSA) is 73.2 Å². The lowest BCUT2D eigenvalue weighted by Gasteiger charge is -2.15. The number of hydrogen-bond acceptors (Lipinski definition) is 4. The van der Waals surface area contributed by atoms with Gasteiger partial charge in [0.2, 0.25) is 10.0 Å². The van der Waals surface area contributed by atoms with Gasteiger partial charge in [-0.2, -0.15) is 18.3 Å². The van der Waals surface area contributed by atoms with Gasteiger partial charge in [-0.05, 0) is 23.6 Å². The average Bonchev–Trinajstić information content (AvgIpc) is 3.01. The molecule has 154 valence electrons. The molecular formula is C18H22F3N3O3S. The second-order valence-electron chi connectivity index (χ2n) is 6.92. The van der Waals surface area contributed by atoms with Crippen LogP contribution in [0.1, 0.15) is 42.3 Å². The molecule has 0 saturated carbocycles. The summed E-state index contributed by atoms with van der Waals surface area (Å²) in [5.41, 5.74) is 0.531. The van der Waals surface area contributed by atoms with Gasteiger partial charge in [0.1, 0.15) is 0 Å². The minimum absolute atomic E-state index is 0.00171. The van der Waals surface area contributed by atoms with Crippen LogP contribution in [0.5, 0.6) is 0 Å². The Kier molecular flexibility index (Phi) is 5.83. The lowest BCUT2D eigenvalue weighted by molar-refractivity contribution is -0.142. The summed E-state index contributed by atoms with van der Waals surface area (Å²) in [6, 6.07) is 6.54. The third-order valence-corrected chi connectivity index (χ3v) is 6.11. The maximum atomic E-state index is 13.2. The van der Waals surface area contributed by atoms with Gasteiger partial charge in [0, 0.05) is 24.2 Å². The van der Waals surface area contributed by atoms with E-state index in [1.54, 1.807) is 12.1 Å². The number of alkyl halides is 3. The van der Waals surface area contributed by atoms with Gasteiger partial charge in [0.25, 0.3) is 0 Å². The van der Waals surface area contributed by atoms with Crippen LogP contribution in [0.15, 0.2) is 29.2 Å². The molecule has 1 aromatic heterocycles. The number of hydrogen-bond donors (Lipinski definition) is 1. The molecule has 1 N–H and O–H groups in total. The maximum Gasteiger partial charge on any atom is 0.435 e. The highest BCUT2D eigenvalue weighted by atomic mass is 32.2. The van der Waals surface area contributed by atoms with Gasteiger partial charge in [-0.1, -0.05) is 26.0 Å². The summed E-state index contributed by atoms with van der Waals surface area (Å²) in [6.45, 7) is 4.11. The fourth-order valence-electron chi connectivity index (χ4n) is 3.12. The average molecular weight is 417 g/mol. The predicted octanol–water partition coefficient (Wildman–Crippen LogP) is 3.08. The summed E-state index contributed by atoms with van der Waals surface area (Å²) in [4.78, 5) is 0.115. The predicted molar refractivity (Wildman–Crippen MR) is 96.3 cm³/mol. The smallest absolute Gasteiger partial charge is 0.376 e. The second kappa shape index (κ2) is 7.84. The van der Waals surface area contributed by atoms with Crippen molar-refractivity contribution >= 4 is 10.0 Å². The Labute approximate surface area is 161 Å². The molecule has 3 rings (SSSR count). The number of halogens is 3. The molecule has 0 radical (unpaired) electrons. The molecule has 1 aromatic carbocycles. The molecule has 1 aliphatic heterocycles. The maximum absolute atomic E-state index is 13.2. The molecule has 10 heteroatoms. The van der Waals surface area contributed by atoms with E-state index in [1.165, 1.54) is 16.8 Å². The van der Waals surface area contributed by atoms with Crippen molar-refractivity contribution in [1.29, 1.82) is 0 Å². The van der Waals surface area contributed by atoms with Crippen LogP contribution >= 0.6 is 0 Å². The number of nitrogens with zero attached hydrogens (tertiary/aromatic N) is 2.